The molecule has 0 aromatic heterocycles. The van der Waals surface area contributed by atoms with Crippen molar-refractivity contribution in [3.8, 4) is 0 Å². The number of aliphatic imine (C=N–C) groups is 1. The lowest BCUT2D eigenvalue weighted by Crippen LogP contribution is -2.41. The maximum atomic E-state index is 7.97. The van der Waals surface area contributed by atoms with Gasteiger partial charge in [0.1, 0.15) is 0 Å². The van der Waals surface area contributed by atoms with E-state index in [0.29, 0.717) is 12.1 Å². The molecule has 1 unspecified atom stereocenters. The monoisotopic (exact) mass is 238 g/mol. The summed E-state index contributed by atoms with van der Waals surface area (Å²) in [6.07, 6.45) is 2.43. The average Bonchev–Trinajstić information content (AvgIpc) is 2.43. The van der Waals surface area contributed by atoms with Gasteiger partial charge in [0.25, 0.3) is 0 Å². The first-order valence-corrected chi connectivity index (χ1v) is 6.10. The fraction of sp³-hybridized carbons (Fsp3) is 0.833. The second-order valence-corrected chi connectivity index (χ2v) is 5.44. The van der Waals surface area contributed by atoms with Crippen molar-refractivity contribution in [2.45, 2.75) is 58.1 Å². The number of rotatable bonds is 4. The van der Waals surface area contributed by atoms with Gasteiger partial charge in [-0.05, 0) is 34.1 Å². The molecule has 0 aliphatic carbocycles. The summed E-state index contributed by atoms with van der Waals surface area (Å²) in [7, 11) is 1.30. The summed E-state index contributed by atoms with van der Waals surface area (Å²) in [5.74, 6) is -0.189. The highest BCUT2D eigenvalue weighted by atomic mass is 16.7. The van der Waals surface area contributed by atoms with Gasteiger partial charge in [-0.3, -0.25) is 0 Å². The fourth-order valence-electron chi connectivity index (χ4n) is 1.76. The molecule has 0 aromatic rings. The van der Waals surface area contributed by atoms with Crippen LogP contribution in [0.25, 0.3) is 0 Å². The molecule has 1 rings (SSSR count). The third kappa shape index (κ3) is 2.77. The summed E-state index contributed by atoms with van der Waals surface area (Å²) in [5, 5.41) is 7.97. The molecular formula is C12H23BN2O2. The van der Waals surface area contributed by atoms with Crippen LogP contribution in [-0.2, 0) is 9.31 Å². The Kier molecular flexibility index (Phi) is 4.15. The lowest BCUT2D eigenvalue weighted by atomic mass is 9.69. The minimum Gasteiger partial charge on any atom is -0.403 e. The Bertz CT molecular complexity index is 310. The second-order valence-electron chi connectivity index (χ2n) is 5.44. The standard InChI is InChI=1S/C12H23BN2O2/c1-7-10(14)9(8-15-6)13-16-11(2,3)12(4,5)17-13/h8-9,14H,7H2,1-6H3. The van der Waals surface area contributed by atoms with Gasteiger partial charge in [-0.15, -0.1) is 0 Å². The molecule has 1 N–H and O–H groups in total. The van der Waals surface area contributed by atoms with E-state index in [2.05, 4.69) is 4.99 Å². The summed E-state index contributed by atoms with van der Waals surface area (Å²) in [4.78, 5) is 4.02. The van der Waals surface area contributed by atoms with E-state index in [1.165, 1.54) is 0 Å². The molecule has 1 aliphatic heterocycles. The van der Waals surface area contributed by atoms with Crippen LogP contribution in [0.1, 0.15) is 41.0 Å². The Morgan fingerprint density at radius 3 is 2.12 bits per heavy atom. The molecule has 0 radical (unpaired) electrons. The molecule has 96 valence electrons. The molecule has 17 heavy (non-hydrogen) atoms. The van der Waals surface area contributed by atoms with Crippen molar-refractivity contribution in [2.75, 3.05) is 7.05 Å². The van der Waals surface area contributed by atoms with Crippen LogP contribution in [0.5, 0.6) is 0 Å². The lowest BCUT2D eigenvalue weighted by molar-refractivity contribution is 0.00578. The zero-order chi connectivity index (χ0) is 13.3. The highest BCUT2D eigenvalue weighted by molar-refractivity contribution is 6.58. The zero-order valence-corrected chi connectivity index (χ0v) is 11.7. The minimum atomic E-state index is -0.406. The van der Waals surface area contributed by atoms with Crippen LogP contribution in [-0.4, -0.2) is 37.3 Å². The summed E-state index contributed by atoms with van der Waals surface area (Å²) >= 11 is 0. The molecular weight excluding hydrogens is 215 g/mol. The molecule has 0 bridgehead atoms. The van der Waals surface area contributed by atoms with E-state index in [9.17, 15) is 0 Å². The first kappa shape index (κ1) is 14.4. The van der Waals surface area contributed by atoms with Gasteiger partial charge in [0, 0.05) is 19.0 Å². The summed E-state index contributed by atoms with van der Waals surface area (Å²) in [6, 6.07) is 0. The number of hydrogen-bond donors (Lipinski definition) is 1. The van der Waals surface area contributed by atoms with Gasteiger partial charge in [-0.1, -0.05) is 6.92 Å². The van der Waals surface area contributed by atoms with Gasteiger partial charge < -0.3 is 19.7 Å². The largest absolute Gasteiger partial charge is 0.472 e. The smallest absolute Gasteiger partial charge is 0.403 e. The summed E-state index contributed by atoms with van der Waals surface area (Å²) in [5.41, 5.74) is -0.120. The Balaban J connectivity index is 2.90. The van der Waals surface area contributed by atoms with Crippen LogP contribution in [0, 0.1) is 5.41 Å². The van der Waals surface area contributed by atoms with Gasteiger partial charge in [-0.2, -0.15) is 0 Å². The van der Waals surface area contributed by atoms with Crippen molar-refractivity contribution in [2.24, 2.45) is 4.99 Å². The fourth-order valence-corrected chi connectivity index (χ4v) is 1.76. The topological polar surface area (TPSA) is 54.7 Å². The summed E-state index contributed by atoms with van der Waals surface area (Å²) < 4.78 is 11.9. The Hall–Kier alpha value is -0.675. The van der Waals surface area contributed by atoms with E-state index >= 15 is 0 Å². The van der Waals surface area contributed by atoms with Crippen molar-refractivity contribution in [3.05, 3.63) is 0 Å². The molecule has 1 saturated heterocycles. The number of nitrogens with zero attached hydrogens (tertiary/aromatic N) is 1. The normalized spacial score (nSPS) is 24.2. The van der Waals surface area contributed by atoms with Crippen LogP contribution in [0.4, 0.5) is 0 Å². The van der Waals surface area contributed by atoms with E-state index in [1.807, 2.05) is 34.6 Å². The highest BCUT2D eigenvalue weighted by Gasteiger charge is 2.54. The number of nitrogens with one attached hydrogen (secondary N) is 1. The molecule has 0 aromatic carbocycles. The third-order valence-electron chi connectivity index (χ3n) is 3.66. The van der Waals surface area contributed by atoms with Gasteiger partial charge in [0.15, 0.2) is 0 Å². The van der Waals surface area contributed by atoms with E-state index in [4.69, 9.17) is 14.7 Å². The predicted octanol–water partition coefficient (Wildman–Crippen LogP) is 2.58. The van der Waals surface area contributed by atoms with Crippen molar-refractivity contribution < 1.29 is 9.31 Å². The quantitative estimate of drug-likeness (QED) is 0.604. The maximum Gasteiger partial charge on any atom is 0.472 e. The van der Waals surface area contributed by atoms with E-state index < -0.39 is 7.12 Å². The van der Waals surface area contributed by atoms with Crippen LogP contribution in [0.15, 0.2) is 4.99 Å². The average molecular weight is 238 g/mol. The Morgan fingerprint density at radius 1 is 1.29 bits per heavy atom. The van der Waals surface area contributed by atoms with E-state index in [1.54, 1.807) is 13.3 Å². The first-order valence-electron chi connectivity index (χ1n) is 6.10. The van der Waals surface area contributed by atoms with E-state index in [-0.39, 0.29) is 17.0 Å². The molecule has 0 amide bonds. The first-order chi connectivity index (χ1) is 7.75. The van der Waals surface area contributed by atoms with E-state index in [0.717, 1.165) is 0 Å². The molecule has 1 atom stereocenters. The zero-order valence-electron chi connectivity index (χ0n) is 11.7. The molecule has 1 fully saturated rings. The van der Waals surface area contributed by atoms with Crippen LogP contribution >= 0.6 is 0 Å². The van der Waals surface area contributed by atoms with Gasteiger partial charge in [0.05, 0.1) is 17.0 Å². The Morgan fingerprint density at radius 2 is 1.76 bits per heavy atom. The van der Waals surface area contributed by atoms with Crippen molar-refractivity contribution in [1.29, 1.82) is 5.41 Å². The number of hydrogen-bond acceptors (Lipinski definition) is 4. The second kappa shape index (κ2) is 4.90. The van der Waals surface area contributed by atoms with Gasteiger partial charge in [0.2, 0.25) is 0 Å². The van der Waals surface area contributed by atoms with Gasteiger partial charge >= 0.3 is 7.12 Å². The molecule has 4 nitrogen and oxygen atoms in total. The summed E-state index contributed by atoms with van der Waals surface area (Å²) in [6.45, 7) is 10.0. The van der Waals surface area contributed by atoms with Crippen molar-refractivity contribution in [1.82, 2.24) is 0 Å². The highest BCUT2D eigenvalue weighted by Crippen LogP contribution is 2.39. The molecule has 0 saturated carbocycles. The van der Waals surface area contributed by atoms with Gasteiger partial charge in [-0.25, -0.2) is 0 Å². The minimum absolute atomic E-state index is 0.189. The molecule has 5 heteroatoms. The molecule has 1 heterocycles. The lowest BCUT2D eigenvalue weighted by Gasteiger charge is -2.32. The third-order valence-corrected chi connectivity index (χ3v) is 3.66. The predicted molar refractivity (Wildman–Crippen MR) is 72.3 cm³/mol. The SMILES string of the molecule is CCC(=N)C(C=NC)B1OC(C)(C)C(C)(C)O1. The van der Waals surface area contributed by atoms with Crippen molar-refractivity contribution >= 4 is 19.0 Å². The van der Waals surface area contributed by atoms with Crippen LogP contribution in [0.2, 0.25) is 5.82 Å². The maximum absolute atomic E-state index is 7.97. The van der Waals surface area contributed by atoms with Crippen molar-refractivity contribution in [3.63, 3.8) is 0 Å². The molecule has 0 spiro atoms. The molecule has 1 aliphatic rings. The van der Waals surface area contributed by atoms with Crippen LogP contribution in [0.3, 0.4) is 0 Å². The van der Waals surface area contributed by atoms with Crippen LogP contribution < -0.4 is 0 Å². The Labute approximate surface area is 104 Å².